The minimum absolute atomic E-state index is 0.154. The molecule has 1 spiro atoms. The van der Waals surface area contributed by atoms with Gasteiger partial charge >= 0.3 is 6.09 Å². The molecule has 0 bridgehead atoms. The average molecular weight is 555 g/mol. The Balaban J connectivity index is 1.33. The van der Waals surface area contributed by atoms with E-state index in [1.165, 1.54) is 4.90 Å². The third kappa shape index (κ3) is 5.14. The Morgan fingerprint density at radius 1 is 1.15 bits per heavy atom. The van der Waals surface area contributed by atoms with Crippen molar-refractivity contribution in [2.75, 3.05) is 19.7 Å². The number of amides is 1. The third-order valence-electron chi connectivity index (χ3n) is 8.01. The van der Waals surface area contributed by atoms with Crippen LogP contribution in [-0.2, 0) is 23.4 Å². The molecule has 1 unspecified atom stereocenters. The summed E-state index contributed by atoms with van der Waals surface area (Å²) >= 11 is 0. The maximum Gasteiger partial charge on any atom is 0.407 e. The van der Waals surface area contributed by atoms with Crippen molar-refractivity contribution in [3.8, 4) is 23.1 Å². The molecule has 2 aliphatic heterocycles. The highest BCUT2D eigenvalue weighted by Crippen LogP contribution is 2.44. The smallest absolute Gasteiger partial charge is 0.407 e. The average Bonchev–Trinajstić information content (AvgIpc) is 3.70. The van der Waals surface area contributed by atoms with Gasteiger partial charge in [-0.15, -0.1) is 0 Å². The van der Waals surface area contributed by atoms with E-state index in [1.807, 2.05) is 33.8 Å². The van der Waals surface area contributed by atoms with E-state index in [4.69, 9.17) is 14.8 Å². The zero-order valence-electron chi connectivity index (χ0n) is 23.2. The van der Waals surface area contributed by atoms with Gasteiger partial charge < -0.3 is 19.3 Å². The van der Waals surface area contributed by atoms with E-state index in [0.29, 0.717) is 19.8 Å². The van der Waals surface area contributed by atoms with Crippen molar-refractivity contribution in [2.45, 2.75) is 57.2 Å². The quantitative estimate of drug-likeness (QED) is 0.204. The minimum Gasteiger partial charge on any atom is -0.465 e. The molecule has 1 fully saturated rings. The van der Waals surface area contributed by atoms with Gasteiger partial charge in [0.25, 0.3) is 0 Å². The van der Waals surface area contributed by atoms with Crippen LogP contribution in [0.1, 0.15) is 29.7 Å². The molecular formula is C30H34N6O3Si. The second-order valence-corrected chi connectivity index (χ2v) is 17.7. The second kappa shape index (κ2) is 10.2. The van der Waals surface area contributed by atoms with Crippen molar-refractivity contribution in [3.05, 3.63) is 65.9 Å². The van der Waals surface area contributed by atoms with E-state index in [9.17, 15) is 9.90 Å². The van der Waals surface area contributed by atoms with Crippen LogP contribution in [0.25, 0.3) is 22.3 Å². The van der Waals surface area contributed by atoms with Gasteiger partial charge in [0.05, 0.1) is 11.3 Å². The lowest BCUT2D eigenvalue weighted by Crippen LogP contribution is -2.32. The number of nitrogens with zero attached hydrogens (tertiary/aromatic N) is 6. The number of hydrogen-bond donors (Lipinski definition) is 1. The molecule has 4 aromatic rings. The Kier molecular flexibility index (Phi) is 6.72. The standard InChI is InChI=1S/C30H34N6O3Si/c1-40(2,3)15-14-39-21-35-19-23(5-4-22-6-10-31-11-7-22)25-16-24(18-32-28(25)35)26-17-27-30(9-13-36(27)33-26)8-12-34(20-30)29(37)38/h6-7,10-11,16-19H,8-9,12-15,20-21H2,1-3H3,(H,37,38). The lowest BCUT2D eigenvalue weighted by molar-refractivity contribution is 0.0898. The van der Waals surface area contributed by atoms with Crippen LogP contribution in [0.5, 0.6) is 0 Å². The lowest BCUT2D eigenvalue weighted by atomic mass is 9.82. The molecule has 9 nitrogen and oxygen atoms in total. The molecule has 40 heavy (non-hydrogen) atoms. The van der Waals surface area contributed by atoms with E-state index in [-0.39, 0.29) is 5.41 Å². The van der Waals surface area contributed by atoms with Crippen LogP contribution in [0.15, 0.2) is 49.1 Å². The molecule has 2 aliphatic rings. The minimum atomic E-state index is -1.18. The first-order valence-corrected chi connectivity index (χ1v) is 17.5. The van der Waals surface area contributed by atoms with Crippen LogP contribution in [0, 0.1) is 11.8 Å². The normalized spacial score (nSPS) is 18.3. The molecule has 1 saturated heterocycles. The summed E-state index contributed by atoms with van der Waals surface area (Å²) in [6.45, 7) is 10.1. The Morgan fingerprint density at radius 2 is 1.95 bits per heavy atom. The molecule has 6 heterocycles. The maximum atomic E-state index is 11.6. The van der Waals surface area contributed by atoms with Crippen LogP contribution in [0.3, 0.4) is 0 Å². The summed E-state index contributed by atoms with van der Waals surface area (Å²) in [5.74, 6) is 6.59. The van der Waals surface area contributed by atoms with Gasteiger partial charge in [0.15, 0.2) is 0 Å². The Bertz CT molecular complexity index is 1630. The summed E-state index contributed by atoms with van der Waals surface area (Å²) in [7, 11) is -1.18. The fourth-order valence-electron chi connectivity index (χ4n) is 5.68. The maximum absolute atomic E-state index is 11.6. The molecule has 1 atom stereocenters. The number of carboxylic acid groups (broad SMARTS) is 1. The van der Waals surface area contributed by atoms with Crippen LogP contribution in [-0.4, -0.2) is 68.2 Å². The highest BCUT2D eigenvalue weighted by molar-refractivity contribution is 6.76. The first kappa shape index (κ1) is 26.3. The summed E-state index contributed by atoms with van der Waals surface area (Å²) in [5, 5.41) is 15.4. The lowest BCUT2D eigenvalue weighted by Gasteiger charge is -2.21. The van der Waals surface area contributed by atoms with Crippen LogP contribution in [0.2, 0.25) is 25.7 Å². The second-order valence-electron chi connectivity index (χ2n) is 12.1. The van der Waals surface area contributed by atoms with Gasteiger partial charge in [0.2, 0.25) is 0 Å². The topological polar surface area (TPSA) is 98.3 Å². The van der Waals surface area contributed by atoms with E-state index < -0.39 is 14.2 Å². The fourth-order valence-corrected chi connectivity index (χ4v) is 6.43. The van der Waals surface area contributed by atoms with Gasteiger partial charge in [0.1, 0.15) is 12.4 Å². The largest absolute Gasteiger partial charge is 0.465 e. The fraction of sp³-hybridized carbons (Fsp3) is 0.400. The molecular weight excluding hydrogens is 520 g/mol. The van der Waals surface area contributed by atoms with Gasteiger partial charge in [-0.25, -0.2) is 9.78 Å². The van der Waals surface area contributed by atoms with Crippen molar-refractivity contribution in [1.82, 2.24) is 29.2 Å². The number of hydrogen-bond acceptors (Lipinski definition) is 5. The predicted octanol–water partition coefficient (Wildman–Crippen LogP) is 5.03. The summed E-state index contributed by atoms with van der Waals surface area (Å²) < 4.78 is 10.1. The van der Waals surface area contributed by atoms with E-state index in [1.54, 1.807) is 12.4 Å². The molecule has 0 aliphatic carbocycles. The molecule has 206 valence electrons. The van der Waals surface area contributed by atoms with Gasteiger partial charge in [0, 0.05) is 86.7 Å². The van der Waals surface area contributed by atoms with E-state index in [2.05, 4.69) is 48.6 Å². The number of likely N-dealkylation sites (tertiary alicyclic amines) is 1. The summed E-state index contributed by atoms with van der Waals surface area (Å²) in [5.41, 5.74) is 5.34. The number of aryl methyl sites for hydroxylation is 1. The number of pyridine rings is 2. The molecule has 10 heteroatoms. The number of fused-ring (bicyclic) bond motifs is 3. The molecule has 0 radical (unpaired) electrons. The van der Waals surface area contributed by atoms with Gasteiger partial charge in [-0.3, -0.25) is 9.67 Å². The van der Waals surface area contributed by atoms with Crippen molar-refractivity contribution < 1.29 is 14.6 Å². The summed E-state index contributed by atoms with van der Waals surface area (Å²) in [4.78, 5) is 22.0. The highest BCUT2D eigenvalue weighted by atomic mass is 28.3. The number of carbonyl (C=O) groups is 1. The molecule has 0 saturated carbocycles. The molecule has 4 aromatic heterocycles. The number of aromatic nitrogens is 5. The zero-order chi connectivity index (χ0) is 27.9. The number of ether oxygens (including phenoxy) is 1. The van der Waals surface area contributed by atoms with Crippen molar-refractivity contribution >= 4 is 25.2 Å². The summed E-state index contributed by atoms with van der Waals surface area (Å²) in [6, 6.07) is 9.13. The van der Waals surface area contributed by atoms with Crippen molar-refractivity contribution in [2.24, 2.45) is 0 Å². The first-order chi connectivity index (χ1) is 19.2. The van der Waals surface area contributed by atoms with Gasteiger partial charge in [-0.1, -0.05) is 31.5 Å². The number of rotatable bonds is 6. The van der Waals surface area contributed by atoms with Crippen molar-refractivity contribution in [3.63, 3.8) is 0 Å². The Hall–Kier alpha value is -3.94. The zero-order valence-corrected chi connectivity index (χ0v) is 24.2. The van der Waals surface area contributed by atoms with Crippen molar-refractivity contribution in [1.29, 1.82) is 0 Å². The van der Waals surface area contributed by atoms with E-state index >= 15 is 0 Å². The summed E-state index contributed by atoms with van der Waals surface area (Å²) in [6.07, 6.45) is 8.27. The third-order valence-corrected chi connectivity index (χ3v) is 9.71. The first-order valence-electron chi connectivity index (χ1n) is 13.8. The molecule has 0 aromatic carbocycles. The predicted molar refractivity (Wildman–Crippen MR) is 156 cm³/mol. The SMILES string of the molecule is C[Si](C)(C)CCOCn1cc(C#Cc2ccncc2)c2cc(-c3cc4n(n3)CCC43CCN(C(=O)O)C3)cnc21. The molecule has 1 amide bonds. The van der Waals surface area contributed by atoms with Crippen LogP contribution < -0.4 is 0 Å². The van der Waals surface area contributed by atoms with Gasteiger partial charge in [-0.2, -0.15) is 5.10 Å². The van der Waals surface area contributed by atoms with Crippen LogP contribution >= 0.6 is 0 Å². The van der Waals surface area contributed by atoms with E-state index in [0.717, 1.165) is 71.1 Å². The Morgan fingerprint density at radius 3 is 2.70 bits per heavy atom. The molecule has 1 N–H and O–H groups in total. The van der Waals surface area contributed by atoms with Crippen LogP contribution in [0.4, 0.5) is 4.79 Å². The Labute approximate surface area is 234 Å². The highest BCUT2D eigenvalue weighted by Gasteiger charge is 2.47. The van der Waals surface area contributed by atoms with Gasteiger partial charge in [-0.05, 0) is 43.2 Å². The monoisotopic (exact) mass is 554 g/mol. The molecule has 6 rings (SSSR count).